The van der Waals surface area contributed by atoms with E-state index in [-0.39, 0.29) is 0 Å². The topological polar surface area (TPSA) is 90.1 Å². The number of carbonyl (C=O) groups is 1. The number of aromatic nitrogens is 2. The van der Waals surface area contributed by atoms with Crippen LogP contribution in [0.5, 0.6) is 5.75 Å². The molecule has 6 nitrogen and oxygen atoms in total. The molecule has 0 radical (unpaired) electrons. The number of nitrogens with zero attached hydrogens (tertiary/aromatic N) is 1. The number of hydrogen-bond acceptors (Lipinski definition) is 4. The molecule has 6 heteroatoms. The minimum absolute atomic E-state index is 0.392. The number of imidazole rings is 1. The molecule has 2 aromatic carbocycles. The molecule has 112 valence electrons. The van der Waals surface area contributed by atoms with Gasteiger partial charge in [-0.25, -0.2) is 9.36 Å². The Bertz CT molecular complexity index is 920. The molecule has 3 N–H and O–H groups in total. The molecular weight excluding hydrogens is 282 g/mol. The molecule has 0 aliphatic rings. The van der Waals surface area contributed by atoms with E-state index in [0.717, 1.165) is 10.1 Å². The first-order valence-corrected chi connectivity index (χ1v) is 6.71. The van der Waals surface area contributed by atoms with E-state index in [9.17, 15) is 9.59 Å². The van der Waals surface area contributed by atoms with Gasteiger partial charge in [-0.1, -0.05) is 0 Å². The molecule has 1 aromatic heterocycles. The molecule has 0 atom stereocenters. The second-order valence-corrected chi connectivity index (χ2v) is 5.03. The van der Waals surface area contributed by atoms with Gasteiger partial charge >= 0.3 is 5.69 Å². The normalized spacial score (nSPS) is 10.8. The van der Waals surface area contributed by atoms with Gasteiger partial charge in [0.25, 0.3) is 5.91 Å². The minimum atomic E-state index is -0.485. The van der Waals surface area contributed by atoms with Crippen LogP contribution in [0.4, 0.5) is 5.69 Å². The van der Waals surface area contributed by atoms with E-state index >= 15 is 0 Å². The van der Waals surface area contributed by atoms with Crippen molar-refractivity contribution in [1.82, 2.24) is 9.55 Å². The molecule has 22 heavy (non-hydrogen) atoms. The van der Waals surface area contributed by atoms with Crippen molar-refractivity contribution in [2.75, 3.05) is 12.8 Å². The number of ether oxygens (including phenoxy) is 1. The number of nitrogens with two attached hydrogens (primary N) is 1. The van der Waals surface area contributed by atoms with Crippen LogP contribution < -0.4 is 16.2 Å². The number of benzene rings is 2. The summed E-state index contributed by atoms with van der Waals surface area (Å²) in [6.07, 6.45) is 0. The first kappa shape index (κ1) is 13.9. The van der Waals surface area contributed by atoms with Gasteiger partial charge in [-0.3, -0.25) is 4.79 Å². The van der Waals surface area contributed by atoms with Gasteiger partial charge in [-0.15, -0.1) is 0 Å². The van der Waals surface area contributed by atoms with Crippen molar-refractivity contribution in [3.05, 3.63) is 58.0 Å². The van der Waals surface area contributed by atoms with Crippen molar-refractivity contribution in [3.8, 4) is 5.75 Å². The lowest BCUT2D eigenvalue weighted by molar-refractivity contribution is 0.0961. The summed E-state index contributed by atoms with van der Waals surface area (Å²) in [6.45, 7) is 1.84. The Morgan fingerprint density at radius 2 is 1.91 bits per heavy atom. The van der Waals surface area contributed by atoms with Crippen LogP contribution in [0.3, 0.4) is 0 Å². The summed E-state index contributed by atoms with van der Waals surface area (Å²) >= 11 is 0. The van der Waals surface area contributed by atoms with Gasteiger partial charge in [-0.05, 0) is 48.9 Å². The fraction of sp³-hybridized carbons (Fsp3) is 0.125. The first-order chi connectivity index (χ1) is 10.5. The van der Waals surface area contributed by atoms with Gasteiger partial charge in [0.15, 0.2) is 0 Å². The quantitative estimate of drug-likeness (QED) is 0.707. The van der Waals surface area contributed by atoms with E-state index in [2.05, 4.69) is 4.98 Å². The fourth-order valence-corrected chi connectivity index (χ4v) is 2.34. The average Bonchev–Trinajstić information content (AvgIpc) is 2.82. The molecule has 0 fully saturated rings. The maximum absolute atomic E-state index is 12.6. The first-order valence-electron chi connectivity index (χ1n) is 6.71. The van der Waals surface area contributed by atoms with E-state index in [1.165, 1.54) is 0 Å². The summed E-state index contributed by atoms with van der Waals surface area (Å²) in [7, 11) is 1.55. The summed E-state index contributed by atoms with van der Waals surface area (Å²) in [5, 5.41) is 0. The minimum Gasteiger partial charge on any atom is -0.497 e. The van der Waals surface area contributed by atoms with Gasteiger partial charge in [-0.2, -0.15) is 0 Å². The van der Waals surface area contributed by atoms with Crippen LogP contribution in [-0.4, -0.2) is 22.6 Å². The number of aromatic amines is 1. The van der Waals surface area contributed by atoms with Gasteiger partial charge in [0.05, 0.1) is 18.1 Å². The predicted octanol–water partition coefficient (Wildman–Crippen LogP) is 1.92. The van der Waals surface area contributed by atoms with E-state index in [1.54, 1.807) is 43.5 Å². The zero-order valence-corrected chi connectivity index (χ0v) is 12.2. The predicted molar refractivity (Wildman–Crippen MR) is 84.4 cm³/mol. The largest absolute Gasteiger partial charge is 0.497 e. The van der Waals surface area contributed by atoms with Crippen LogP contribution in [0.25, 0.3) is 11.0 Å². The number of aryl methyl sites for hydroxylation is 1. The fourth-order valence-electron chi connectivity index (χ4n) is 2.34. The van der Waals surface area contributed by atoms with Crippen molar-refractivity contribution in [1.29, 1.82) is 0 Å². The number of anilines is 1. The number of nitrogens with one attached hydrogen (secondary N) is 1. The van der Waals surface area contributed by atoms with E-state index in [0.29, 0.717) is 28.0 Å². The summed E-state index contributed by atoms with van der Waals surface area (Å²) in [6, 6.07) is 9.96. The standard InChI is InChI=1S/C16H15N3O3/c1-9-7-13-14(8-12(9)17)19(16(21)18-13)15(20)10-3-5-11(22-2)6-4-10/h3-8H,17H2,1-2H3,(H,18,21). The highest BCUT2D eigenvalue weighted by Crippen LogP contribution is 2.20. The van der Waals surface area contributed by atoms with Gasteiger partial charge in [0.2, 0.25) is 0 Å². The highest BCUT2D eigenvalue weighted by atomic mass is 16.5. The van der Waals surface area contributed by atoms with Crippen LogP contribution in [0.2, 0.25) is 0 Å². The van der Waals surface area contributed by atoms with Crippen molar-refractivity contribution in [2.24, 2.45) is 0 Å². The highest BCUT2D eigenvalue weighted by molar-refractivity contribution is 6.01. The van der Waals surface area contributed by atoms with Gasteiger partial charge in [0.1, 0.15) is 5.75 Å². The lowest BCUT2D eigenvalue weighted by Crippen LogP contribution is -2.24. The second-order valence-electron chi connectivity index (χ2n) is 5.03. The molecule has 0 aliphatic heterocycles. The highest BCUT2D eigenvalue weighted by Gasteiger charge is 2.16. The van der Waals surface area contributed by atoms with Crippen LogP contribution >= 0.6 is 0 Å². The van der Waals surface area contributed by atoms with Crippen molar-refractivity contribution >= 4 is 22.6 Å². The summed E-state index contributed by atoms with van der Waals surface area (Å²) in [5.74, 6) is 0.227. The number of carbonyl (C=O) groups excluding carboxylic acids is 1. The second kappa shape index (κ2) is 5.07. The van der Waals surface area contributed by atoms with Crippen molar-refractivity contribution in [3.63, 3.8) is 0 Å². The molecule has 0 saturated carbocycles. The molecule has 3 rings (SSSR count). The number of H-pyrrole nitrogens is 1. The number of nitrogen functional groups attached to an aromatic ring is 1. The summed E-state index contributed by atoms with van der Waals surface area (Å²) < 4.78 is 6.15. The van der Waals surface area contributed by atoms with Crippen LogP contribution in [-0.2, 0) is 0 Å². The molecule has 0 spiro atoms. The lowest BCUT2D eigenvalue weighted by atomic mass is 10.1. The Kier molecular flexibility index (Phi) is 3.21. The number of hydrogen-bond donors (Lipinski definition) is 2. The molecule has 0 bridgehead atoms. The summed E-state index contributed by atoms with van der Waals surface area (Å²) in [4.78, 5) is 27.4. The maximum atomic E-state index is 12.6. The Morgan fingerprint density at radius 1 is 1.23 bits per heavy atom. The Labute approximate surface area is 126 Å². The van der Waals surface area contributed by atoms with E-state index in [1.807, 2.05) is 6.92 Å². The zero-order chi connectivity index (χ0) is 15.9. The van der Waals surface area contributed by atoms with Crippen LogP contribution in [0, 0.1) is 6.92 Å². The number of fused-ring (bicyclic) bond motifs is 1. The van der Waals surface area contributed by atoms with Gasteiger partial charge in [0, 0.05) is 11.3 Å². The summed E-state index contributed by atoms with van der Waals surface area (Å²) in [5.41, 5.74) is 8.21. The number of rotatable bonds is 2. The third-order valence-corrected chi connectivity index (χ3v) is 3.61. The molecule has 3 aromatic rings. The molecule has 1 heterocycles. The lowest BCUT2D eigenvalue weighted by Gasteiger charge is -2.05. The third kappa shape index (κ3) is 2.14. The SMILES string of the molecule is COc1ccc(C(=O)n2c(=O)[nH]c3cc(C)c(N)cc32)cc1. The molecule has 0 amide bonds. The molecule has 0 aliphatic carbocycles. The van der Waals surface area contributed by atoms with E-state index < -0.39 is 11.6 Å². The number of methoxy groups -OCH3 is 1. The van der Waals surface area contributed by atoms with Crippen molar-refractivity contribution < 1.29 is 9.53 Å². The molecule has 0 saturated heterocycles. The van der Waals surface area contributed by atoms with Gasteiger partial charge < -0.3 is 15.5 Å². The molecule has 0 unspecified atom stereocenters. The Morgan fingerprint density at radius 3 is 2.55 bits per heavy atom. The van der Waals surface area contributed by atoms with Crippen LogP contribution in [0.1, 0.15) is 15.9 Å². The van der Waals surface area contributed by atoms with Crippen molar-refractivity contribution in [2.45, 2.75) is 6.92 Å². The van der Waals surface area contributed by atoms with Crippen LogP contribution in [0.15, 0.2) is 41.2 Å². The average molecular weight is 297 g/mol. The maximum Gasteiger partial charge on any atom is 0.333 e. The third-order valence-electron chi connectivity index (χ3n) is 3.61. The Hall–Kier alpha value is -3.02. The smallest absolute Gasteiger partial charge is 0.333 e. The monoisotopic (exact) mass is 297 g/mol. The zero-order valence-electron chi connectivity index (χ0n) is 12.2. The molecular formula is C16H15N3O3. The Balaban J connectivity index is 2.16. The van der Waals surface area contributed by atoms with E-state index in [4.69, 9.17) is 10.5 Å².